The van der Waals surface area contributed by atoms with Gasteiger partial charge in [-0.05, 0) is 30.3 Å². The maximum Gasteiger partial charge on any atom is 0.387 e. The van der Waals surface area contributed by atoms with E-state index >= 15 is 0 Å². The van der Waals surface area contributed by atoms with E-state index in [1.54, 1.807) is 24.3 Å². The lowest BCUT2D eigenvalue weighted by atomic mass is 10.2. The Balaban J connectivity index is 1.96. The van der Waals surface area contributed by atoms with Crippen molar-refractivity contribution in [3.8, 4) is 11.5 Å². The minimum atomic E-state index is -2.85. The largest absolute Gasteiger partial charge is 0.497 e. The predicted octanol–water partition coefficient (Wildman–Crippen LogP) is 4.05. The molecule has 0 amide bonds. The van der Waals surface area contributed by atoms with Gasteiger partial charge in [0, 0.05) is 23.9 Å². The highest BCUT2D eigenvalue weighted by atomic mass is 19.3. The lowest BCUT2D eigenvalue weighted by Crippen LogP contribution is -2.03. The van der Waals surface area contributed by atoms with Gasteiger partial charge in [0.1, 0.15) is 17.3 Å². The fourth-order valence-electron chi connectivity index (χ4n) is 1.75. The number of hydrogen-bond acceptors (Lipinski definition) is 3. The van der Waals surface area contributed by atoms with Crippen LogP contribution in [0.5, 0.6) is 11.5 Å². The number of alkyl halides is 2. The minimum Gasteiger partial charge on any atom is -0.497 e. The second-order valence-electron chi connectivity index (χ2n) is 4.21. The number of ether oxygens (including phenoxy) is 2. The Labute approximate surface area is 120 Å². The summed E-state index contributed by atoms with van der Waals surface area (Å²) in [5.41, 5.74) is 1.15. The van der Waals surface area contributed by atoms with Crippen molar-refractivity contribution in [1.29, 1.82) is 0 Å². The van der Waals surface area contributed by atoms with Crippen molar-refractivity contribution in [1.82, 2.24) is 0 Å². The van der Waals surface area contributed by atoms with Crippen LogP contribution < -0.4 is 14.8 Å². The zero-order chi connectivity index (χ0) is 15.2. The van der Waals surface area contributed by atoms with E-state index in [4.69, 9.17) is 4.74 Å². The number of nitrogens with one attached hydrogen (secondary N) is 1. The van der Waals surface area contributed by atoms with Crippen LogP contribution in [0, 0.1) is 5.82 Å². The molecule has 112 valence electrons. The maximum atomic E-state index is 13.7. The standard InChI is InChI=1S/C15H14F3NO2/c1-20-13-5-2-10(14(16)8-13)9-19-11-3-6-12(7-4-11)21-15(17)18/h2-8,15,19H,9H2,1H3. The molecule has 0 unspecified atom stereocenters. The molecule has 0 aromatic heterocycles. The van der Waals surface area contributed by atoms with Crippen molar-refractivity contribution >= 4 is 5.69 Å². The third-order valence-electron chi connectivity index (χ3n) is 2.82. The number of benzene rings is 2. The molecular formula is C15H14F3NO2. The Kier molecular flexibility index (Phi) is 4.92. The third-order valence-corrected chi connectivity index (χ3v) is 2.82. The summed E-state index contributed by atoms with van der Waals surface area (Å²) >= 11 is 0. The zero-order valence-corrected chi connectivity index (χ0v) is 11.3. The molecule has 21 heavy (non-hydrogen) atoms. The number of halogens is 3. The molecular weight excluding hydrogens is 283 g/mol. The zero-order valence-electron chi connectivity index (χ0n) is 11.3. The lowest BCUT2D eigenvalue weighted by Gasteiger charge is -2.10. The van der Waals surface area contributed by atoms with Gasteiger partial charge in [0.25, 0.3) is 0 Å². The highest BCUT2D eigenvalue weighted by Gasteiger charge is 2.05. The summed E-state index contributed by atoms with van der Waals surface area (Å²) in [4.78, 5) is 0. The predicted molar refractivity (Wildman–Crippen MR) is 73.4 cm³/mol. The summed E-state index contributed by atoms with van der Waals surface area (Å²) in [6, 6.07) is 10.6. The normalized spacial score (nSPS) is 10.5. The van der Waals surface area contributed by atoms with Crippen molar-refractivity contribution in [2.24, 2.45) is 0 Å². The summed E-state index contributed by atoms with van der Waals surface area (Å²) in [5.74, 6) is 0.149. The van der Waals surface area contributed by atoms with Gasteiger partial charge in [0.05, 0.1) is 7.11 Å². The summed E-state index contributed by atoms with van der Waals surface area (Å²) in [7, 11) is 1.47. The van der Waals surface area contributed by atoms with Crippen molar-refractivity contribution in [2.45, 2.75) is 13.2 Å². The Morgan fingerprint density at radius 2 is 1.71 bits per heavy atom. The highest BCUT2D eigenvalue weighted by molar-refractivity contribution is 5.47. The van der Waals surface area contributed by atoms with Crippen molar-refractivity contribution in [2.75, 3.05) is 12.4 Å². The first-order valence-electron chi connectivity index (χ1n) is 6.19. The topological polar surface area (TPSA) is 30.5 Å². The number of rotatable bonds is 6. The summed E-state index contributed by atoms with van der Waals surface area (Å²) < 4.78 is 46.9. The van der Waals surface area contributed by atoms with Crippen LogP contribution >= 0.6 is 0 Å². The fraction of sp³-hybridized carbons (Fsp3) is 0.200. The van der Waals surface area contributed by atoms with Crippen molar-refractivity contribution in [3.63, 3.8) is 0 Å². The fourth-order valence-corrected chi connectivity index (χ4v) is 1.75. The van der Waals surface area contributed by atoms with Crippen molar-refractivity contribution < 1.29 is 22.6 Å². The van der Waals surface area contributed by atoms with E-state index < -0.39 is 6.61 Å². The monoisotopic (exact) mass is 297 g/mol. The van der Waals surface area contributed by atoms with E-state index in [-0.39, 0.29) is 18.1 Å². The third kappa shape index (κ3) is 4.30. The number of anilines is 1. The first kappa shape index (κ1) is 15.0. The maximum absolute atomic E-state index is 13.7. The molecule has 2 aromatic rings. The van der Waals surface area contributed by atoms with Crippen LogP contribution in [-0.4, -0.2) is 13.7 Å². The first-order valence-corrected chi connectivity index (χ1v) is 6.19. The van der Waals surface area contributed by atoms with Gasteiger partial charge >= 0.3 is 6.61 Å². The van der Waals surface area contributed by atoms with Crippen molar-refractivity contribution in [3.05, 3.63) is 53.8 Å². The Morgan fingerprint density at radius 1 is 1.05 bits per heavy atom. The second-order valence-corrected chi connectivity index (χ2v) is 4.21. The molecule has 0 saturated heterocycles. The number of hydrogen-bond donors (Lipinski definition) is 1. The smallest absolute Gasteiger partial charge is 0.387 e. The van der Waals surface area contributed by atoms with Crippen LogP contribution in [-0.2, 0) is 6.54 Å². The molecule has 0 aliphatic rings. The Bertz CT molecular complexity index is 588. The summed E-state index contributed by atoms with van der Waals surface area (Å²) in [5, 5.41) is 3.00. The molecule has 0 bridgehead atoms. The Morgan fingerprint density at radius 3 is 2.29 bits per heavy atom. The quantitative estimate of drug-likeness (QED) is 0.872. The average Bonchev–Trinajstić information content (AvgIpc) is 2.47. The molecule has 0 aliphatic heterocycles. The van der Waals surface area contributed by atoms with E-state index in [9.17, 15) is 13.2 Å². The van der Waals surface area contributed by atoms with Gasteiger partial charge in [-0.3, -0.25) is 0 Å². The van der Waals surface area contributed by atoms with Crippen LogP contribution in [0.4, 0.5) is 18.9 Å². The molecule has 2 rings (SSSR count). The van der Waals surface area contributed by atoms with Gasteiger partial charge in [-0.25, -0.2) is 4.39 Å². The van der Waals surface area contributed by atoms with Gasteiger partial charge in [0.2, 0.25) is 0 Å². The molecule has 0 radical (unpaired) electrons. The summed E-state index contributed by atoms with van der Waals surface area (Å²) in [6.45, 7) is -2.58. The van der Waals surface area contributed by atoms with Gasteiger partial charge in [0.15, 0.2) is 0 Å². The Hall–Kier alpha value is -2.37. The highest BCUT2D eigenvalue weighted by Crippen LogP contribution is 2.20. The summed E-state index contributed by atoms with van der Waals surface area (Å²) in [6.07, 6.45) is 0. The van der Waals surface area contributed by atoms with Gasteiger partial charge in [-0.2, -0.15) is 8.78 Å². The van der Waals surface area contributed by atoms with E-state index in [1.165, 1.54) is 25.3 Å². The van der Waals surface area contributed by atoms with E-state index in [0.717, 1.165) is 0 Å². The SMILES string of the molecule is COc1ccc(CNc2ccc(OC(F)F)cc2)c(F)c1. The molecule has 2 aromatic carbocycles. The molecule has 0 saturated carbocycles. The van der Waals surface area contributed by atoms with Crippen LogP contribution in [0.2, 0.25) is 0 Å². The van der Waals surface area contributed by atoms with Crippen LogP contribution in [0.3, 0.4) is 0 Å². The molecule has 0 spiro atoms. The molecule has 1 N–H and O–H groups in total. The van der Waals surface area contributed by atoms with Gasteiger partial charge in [-0.1, -0.05) is 6.07 Å². The molecule has 0 aliphatic carbocycles. The van der Waals surface area contributed by atoms with Crippen LogP contribution in [0.15, 0.2) is 42.5 Å². The average molecular weight is 297 g/mol. The van der Waals surface area contributed by atoms with E-state index in [1.807, 2.05) is 0 Å². The van der Waals surface area contributed by atoms with Gasteiger partial charge < -0.3 is 14.8 Å². The molecule has 6 heteroatoms. The molecule has 0 heterocycles. The van der Waals surface area contributed by atoms with Crippen LogP contribution in [0.25, 0.3) is 0 Å². The molecule has 0 fully saturated rings. The minimum absolute atomic E-state index is 0.0752. The second kappa shape index (κ2) is 6.88. The molecule has 0 atom stereocenters. The first-order chi connectivity index (χ1) is 10.1. The van der Waals surface area contributed by atoms with E-state index in [0.29, 0.717) is 17.0 Å². The van der Waals surface area contributed by atoms with E-state index in [2.05, 4.69) is 10.1 Å². The lowest BCUT2D eigenvalue weighted by molar-refractivity contribution is -0.0498. The molecule has 3 nitrogen and oxygen atoms in total. The number of methoxy groups -OCH3 is 1. The van der Waals surface area contributed by atoms with Crippen LogP contribution in [0.1, 0.15) is 5.56 Å². The van der Waals surface area contributed by atoms with Gasteiger partial charge in [-0.15, -0.1) is 0 Å².